The Morgan fingerprint density at radius 2 is 2.11 bits per heavy atom. The number of hydrogen-bond acceptors (Lipinski definition) is 5. The van der Waals surface area contributed by atoms with Crippen LogP contribution in [0, 0.1) is 0 Å². The van der Waals surface area contributed by atoms with Gasteiger partial charge in [-0.15, -0.1) is 0 Å². The molecule has 0 fully saturated rings. The van der Waals surface area contributed by atoms with Gasteiger partial charge in [0.05, 0.1) is 5.75 Å². The fraction of sp³-hybridized carbons (Fsp3) is 0.615. The van der Waals surface area contributed by atoms with Crippen molar-refractivity contribution >= 4 is 29.3 Å². The zero-order valence-electron chi connectivity index (χ0n) is 11.7. The summed E-state index contributed by atoms with van der Waals surface area (Å²) in [4.78, 5) is 19.8. The molecule has 0 aliphatic carbocycles. The molecule has 4 nitrogen and oxygen atoms in total. The van der Waals surface area contributed by atoms with Gasteiger partial charge in [0.25, 0.3) is 0 Å². The van der Waals surface area contributed by atoms with Gasteiger partial charge in [0.15, 0.2) is 0 Å². The molecule has 0 spiro atoms. The maximum Gasteiger partial charge on any atom is 0.316 e. The predicted molar refractivity (Wildman–Crippen MR) is 77.6 cm³/mol. The van der Waals surface area contributed by atoms with Gasteiger partial charge in [0, 0.05) is 5.56 Å². The SMILES string of the molecule is CCCc1c(Cl)ncnc1SCC(=O)OC(C)(C)C. The lowest BCUT2D eigenvalue weighted by Crippen LogP contribution is -2.25. The lowest BCUT2D eigenvalue weighted by molar-refractivity contribution is -0.151. The monoisotopic (exact) mass is 302 g/mol. The molecule has 0 radical (unpaired) electrons. The largest absolute Gasteiger partial charge is 0.459 e. The van der Waals surface area contributed by atoms with Crippen LogP contribution >= 0.6 is 23.4 Å². The van der Waals surface area contributed by atoms with E-state index in [2.05, 4.69) is 16.9 Å². The van der Waals surface area contributed by atoms with E-state index < -0.39 is 5.60 Å². The lowest BCUT2D eigenvalue weighted by Gasteiger charge is -2.19. The molecular weight excluding hydrogens is 284 g/mol. The van der Waals surface area contributed by atoms with Gasteiger partial charge < -0.3 is 4.74 Å². The minimum absolute atomic E-state index is 0.224. The number of halogens is 1. The lowest BCUT2D eigenvalue weighted by atomic mass is 10.2. The first-order valence-corrected chi connectivity index (χ1v) is 7.54. The van der Waals surface area contributed by atoms with Crippen molar-refractivity contribution in [3.05, 3.63) is 17.0 Å². The van der Waals surface area contributed by atoms with Crippen LogP contribution in [0.25, 0.3) is 0 Å². The van der Waals surface area contributed by atoms with Crippen LogP contribution in [0.3, 0.4) is 0 Å². The van der Waals surface area contributed by atoms with Gasteiger partial charge in [-0.05, 0) is 27.2 Å². The molecule has 0 aliphatic rings. The van der Waals surface area contributed by atoms with Crippen LogP contribution in [-0.2, 0) is 16.0 Å². The molecule has 1 heterocycles. The highest BCUT2D eigenvalue weighted by molar-refractivity contribution is 7.99. The number of esters is 1. The van der Waals surface area contributed by atoms with Gasteiger partial charge >= 0.3 is 5.97 Å². The van der Waals surface area contributed by atoms with Gasteiger partial charge in [0.1, 0.15) is 22.1 Å². The zero-order valence-corrected chi connectivity index (χ0v) is 13.3. The molecule has 6 heteroatoms. The summed E-state index contributed by atoms with van der Waals surface area (Å²) < 4.78 is 5.25. The van der Waals surface area contributed by atoms with Gasteiger partial charge in [0.2, 0.25) is 0 Å². The van der Waals surface area contributed by atoms with Crippen molar-refractivity contribution < 1.29 is 9.53 Å². The summed E-state index contributed by atoms with van der Waals surface area (Å²) in [6, 6.07) is 0. The Kier molecular flexibility index (Phi) is 6.07. The van der Waals surface area contributed by atoms with Crippen molar-refractivity contribution in [2.24, 2.45) is 0 Å². The molecule has 0 bridgehead atoms. The van der Waals surface area contributed by atoms with E-state index in [0.717, 1.165) is 23.4 Å². The molecule has 0 saturated carbocycles. The highest BCUT2D eigenvalue weighted by Crippen LogP contribution is 2.26. The van der Waals surface area contributed by atoms with Crippen LogP contribution in [0.4, 0.5) is 0 Å². The average Bonchev–Trinajstić information content (AvgIpc) is 2.28. The van der Waals surface area contributed by atoms with E-state index in [1.54, 1.807) is 0 Å². The number of ether oxygens (including phenoxy) is 1. The third-order valence-electron chi connectivity index (χ3n) is 2.10. The summed E-state index contributed by atoms with van der Waals surface area (Å²) in [5.74, 6) is -0.0314. The summed E-state index contributed by atoms with van der Waals surface area (Å²) >= 11 is 7.39. The average molecular weight is 303 g/mol. The van der Waals surface area contributed by atoms with Crippen molar-refractivity contribution in [3.63, 3.8) is 0 Å². The van der Waals surface area contributed by atoms with Crippen LogP contribution < -0.4 is 0 Å². The number of carbonyl (C=O) groups is 1. The second kappa shape index (κ2) is 7.10. The van der Waals surface area contributed by atoms with E-state index in [4.69, 9.17) is 16.3 Å². The summed E-state index contributed by atoms with van der Waals surface area (Å²) in [5.41, 5.74) is 0.438. The first-order chi connectivity index (χ1) is 8.83. The molecule has 0 aromatic carbocycles. The Hall–Kier alpha value is -0.810. The Morgan fingerprint density at radius 1 is 1.42 bits per heavy atom. The van der Waals surface area contributed by atoms with Crippen LogP contribution in [0.1, 0.15) is 39.7 Å². The molecule has 0 amide bonds. The van der Waals surface area contributed by atoms with E-state index in [1.165, 1.54) is 18.1 Å². The van der Waals surface area contributed by atoms with E-state index in [-0.39, 0.29) is 11.7 Å². The highest BCUT2D eigenvalue weighted by atomic mass is 35.5. The number of hydrogen-bond donors (Lipinski definition) is 0. The molecular formula is C13H19ClN2O2S. The number of rotatable bonds is 5. The third kappa shape index (κ3) is 5.78. The minimum atomic E-state index is -0.465. The Balaban J connectivity index is 2.67. The number of carbonyl (C=O) groups excluding carboxylic acids is 1. The summed E-state index contributed by atoms with van der Waals surface area (Å²) in [7, 11) is 0. The van der Waals surface area contributed by atoms with Crippen molar-refractivity contribution in [1.29, 1.82) is 0 Å². The van der Waals surface area contributed by atoms with Gasteiger partial charge in [-0.25, -0.2) is 9.97 Å². The van der Waals surface area contributed by atoms with Gasteiger partial charge in [-0.2, -0.15) is 0 Å². The van der Waals surface area contributed by atoms with Crippen molar-refractivity contribution in [1.82, 2.24) is 9.97 Å². The van der Waals surface area contributed by atoms with Crippen molar-refractivity contribution in [2.75, 3.05) is 5.75 Å². The normalized spacial score (nSPS) is 11.4. The minimum Gasteiger partial charge on any atom is -0.459 e. The van der Waals surface area contributed by atoms with E-state index in [9.17, 15) is 4.79 Å². The molecule has 0 N–H and O–H groups in total. The summed E-state index contributed by atoms with van der Waals surface area (Å²) in [5, 5.41) is 1.22. The molecule has 106 valence electrons. The quantitative estimate of drug-likeness (QED) is 0.473. The first kappa shape index (κ1) is 16.2. The van der Waals surface area contributed by atoms with Crippen molar-refractivity contribution in [2.45, 2.75) is 51.2 Å². The van der Waals surface area contributed by atoms with E-state index in [1.807, 2.05) is 20.8 Å². The topological polar surface area (TPSA) is 52.1 Å². The maximum absolute atomic E-state index is 11.7. The Morgan fingerprint density at radius 3 is 2.68 bits per heavy atom. The number of nitrogens with zero attached hydrogens (tertiary/aromatic N) is 2. The van der Waals surface area contributed by atoms with Gasteiger partial charge in [-0.3, -0.25) is 4.79 Å². The van der Waals surface area contributed by atoms with Crippen LogP contribution in [0.2, 0.25) is 5.15 Å². The molecule has 1 rings (SSSR count). The Bertz CT molecular complexity index is 447. The third-order valence-corrected chi connectivity index (χ3v) is 3.43. The fourth-order valence-corrected chi connectivity index (χ4v) is 2.55. The molecule has 0 atom stereocenters. The van der Waals surface area contributed by atoms with Crippen LogP contribution in [0.5, 0.6) is 0 Å². The second-order valence-corrected chi connectivity index (χ2v) is 6.40. The van der Waals surface area contributed by atoms with Crippen LogP contribution in [0.15, 0.2) is 11.4 Å². The fourth-order valence-electron chi connectivity index (χ4n) is 1.46. The molecule has 0 saturated heterocycles. The van der Waals surface area contributed by atoms with Gasteiger partial charge in [-0.1, -0.05) is 36.7 Å². The van der Waals surface area contributed by atoms with Crippen molar-refractivity contribution in [3.8, 4) is 0 Å². The molecule has 0 aliphatic heterocycles. The summed E-state index contributed by atoms with van der Waals surface area (Å²) in [6.45, 7) is 7.60. The van der Waals surface area contributed by atoms with Crippen LogP contribution in [-0.4, -0.2) is 27.3 Å². The maximum atomic E-state index is 11.7. The predicted octanol–water partition coefficient (Wildman–Crippen LogP) is 3.52. The number of aromatic nitrogens is 2. The smallest absolute Gasteiger partial charge is 0.316 e. The molecule has 1 aromatic heterocycles. The van der Waals surface area contributed by atoms with E-state index >= 15 is 0 Å². The molecule has 1 aromatic rings. The number of thioether (sulfide) groups is 1. The first-order valence-electron chi connectivity index (χ1n) is 6.17. The summed E-state index contributed by atoms with van der Waals surface area (Å²) in [6.07, 6.45) is 3.17. The molecule has 19 heavy (non-hydrogen) atoms. The standard InChI is InChI=1S/C13H19ClN2O2S/c1-5-6-9-11(14)15-8-16-12(9)19-7-10(17)18-13(2,3)4/h8H,5-7H2,1-4H3. The second-order valence-electron chi connectivity index (χ2n) is 5.07. The molecule has 0 unspecified atom stereocenters. The Labute approximate surface area is 123 Å². The van der Waals surface area contributed by atoms with E-state index in [0.29, 0.717) is 5.15 Å². The zero-order chi connectivity index (χ0) is 14.5. The highest BCUT2D eigenvalue weighted by Gasteiger charge is 2.17.